The van der Waals surface area contributed by atoms with Crippen LogP contribution in [0.1, 0.15) is 68.9 Å². The number of aryl methyl sites for hydroxylation is 1. The molecule has 0 spiro atoms. The second-order valence-electron chi connectivity index (χ2n) is 9.52. The van der Waals surface area contributed by atoms with Crippen molar-refractivity contribution in [3.8, 4) is 5.75 Å². The Kier molecular flexibility index (Phi) is 6.52. The van der Waals surface area contributed by atoms with Crippen LogP contribution >= 0.6 is 16.1 Å². The Morgan fingerprint density at radius 3 is 2.65 bits per heavy atom. The van der Waals surface area contributed by atoms with Crippen LogP contribution in [0, 0.1) is 17.3 Å². The molecule has 1 aromatic carbocycles. The van der Waals surface area contributed by atoms with Crippen LogP contribution in [0.4, 0.5) is 0 Å². The van der Waals surface area contributed by atoms with Gasteiger partial charge in [0.25, 0.3) is 0 Å². The van der Waals surface area contributed by atoms with Crippen LogP contribution in [0.25, 0.3) is 0 Å². The first kappa shape index (κ1) is 22.8. The lowest BCUT2D eigenvalue weighted by Gasteiger charge is -2.50. The predicted molar refractivity (Wildman–Crippen MR) is 115 cm³/mol. The van der Waals surface area contributed by atoms with Crippen molar-refractivity contribution in [3.05, 3.63) is 29.3 Å². The van der Waals surface area contributed by atoms with Gasteiger partial charge in [0, 0.05) is 5.41 Å². The van der Waals surface area contributed by atoms with E-state index < -0.39 is 27.4 Å². The summed E-state index contributed by atoms with van der Waals surface area (Å²) in [6, 6.07) is 5.75. The van der Waals surface area contributed by atoms with Crippen LogP contribution in [0.2, 0.25) is 0 Å². The summed E-state index contributed by atoms with van der Waals surface area (Å²) >= 11 is 0. The number of phenols is 1. The molecular formula is C22H30O7P2+2. The number of carbonyl (C=O) groups excluding carboxylic acids is 1. The zero-order valence-electron chi connectivity index (χ0n) is 17.6. The molecule has 31 heavy (non-hydrogen) atoms. The van der Waals surface area contributed by atoms with E-state index in [-0.39, 0.29) is 24.4 Å². The fourth-order valence-corrected chi connectivity index (χ4v) is 7.86. The van der Waals surface area contributed by atoms with Crippen molar-refractivity contribution in [2.45, 2.75) is 75.7 Å². The van der Waals surface area contributed by atoms with Crippen molar-refractivity contribution in [3.63, 3.8) is 0 Å². The maximum atomic E-state index is 12.4. The van der Waals surface area contributed by atoms with Crippen LogP contribution < -0.4 is 0 Å². The molecule has 9 heteroatoms. The first-order chi connectivity index (χ1) is 14.7. The first-order valence-corrected chi connectivity index (χ1v) is 13.6. The van der Waals surface area contributed by atoms with E-state index in [4.69, 9.17) is 14.5 Å². The van der Waals surface area contributed by atoms with Crippen molar-refractivity contribution in [2.75, 3.05) is 0 Å². The van der Waals surface area contributed by atoms with E-state index >= 15 is 0 Å². The molecule has 1 aromatic rings. The molecule has 0 heterocycles. The molecule has 3 aliphatic rings. The Hall–Kier alpha value is -1.39. The third-order valence-corrected chi connectivity index (χ3v) is 10.7. The van der Waals surface area contributed by atoms with Crippen LogP contribution in [0.15, 0.2) is 18.2 Å². The molecule has 0 amide bonds. The topological polar surface area (TPSA) is 121 Å². The highest BCUT2D eigenvalue weighted by Gasteiger charge is 2.56. The van der Waals surface area contributed by atoms with Crippen LogP contribution in [0.3, 0.4) is 0 Å². The van der Waals surface area contributed by atoms with E-state index in [0.29, 0.717) is 23.5 Å². The molecule has 0 saturated heterocycles. The zero-order chi connectivity index (χ0) is 22.3. The van der Waals surface area contributed by atoms with Crippen molar-refractivity contribution in [1.82, 2.24) is 0 Å². The first-order valence-electron chi connectivity index (χ1n) is 11.0. The molecule has 0 radical (unpaired) electrons. The number of rotatable bonds is 6. The molecule has 7 atom stereocenters. The van der Waals surface area contributed by atoms with E-state index in [1.54, 1.807) is 6.07 Å². The van der Waals surface area contributed by atoms with Crippen LogP contribution in [-0.4, -0.2) is 32.4 Å². The van der Waals surface area contributed by atoms with Gasteiger partial charge in [-0.3, -0.25) is 4.79 Å². The SMILES string of the molecule is C[C@]12CCC3c4ccc(O)cc4CCC3C1CCC2OC(=O)CCC([P+](=O)O)[P+](=O)O. The minimum Gasteiger partial charge on any atom is -0.508 e. The smallest absolute Gasteiger partial charge is 0.508 e. The van der Waals surface area contributed by atoms with Crippen molar-refractivity contribution in [1.29, 1.82) is 0 Å². The molecule has 3 N–H and O–H groups in total. The normalized spacial score (nSPS) is 33.5. The van der Waals surface area contributed by atoms with Gasteiger partial charge < -0.3 is 9.84 Å². The van der Waals surface area contributed by atoms with Gasteiger partial charge >= 0.3 is 27.4 Å². The number of fused-ring (bicyclic) bond motifs is 5. The average Bonchev–Trinajstić information content (AvgIpc) is 3.03. The Morgan fingerprint density at radius 2 is 1.94 bits per heavy atom. The number of aromatic hydroxyl groups is 1. The molecule has 0 bridgehead atoms. The Balaban J connectivity index is 1.42. The van der Waals surface area contributed by atoms with Crippen molar-refractivity contribution < 1.29 is 33.6 Å². The Labute approximate surface area is 183 Å². The van der Waals surface area contributed by atoms with Gasteiger partial charge in [-0.1, -0.05) is 13.0 Å². The quantitative estimate of drug-likeness (QED) is 0.407. The standard InChI is InChI=1S/C22H28O7P2/c1-22-11-10-16-15-5-3-14(23)12-13(15)2-4-17(16)18(22)6-7-19(22)29-20(24)8-9-21(30(25)26)31(27)28/h3,5,12,16-19,21H,2,4,6-11H2,1H3,(H-2,23,25,26,27,28)/p+2/t16?,17?,18?,19?,22-/m0/s1. The number of phenolic OH excluding ortho intramolecular Hbond substituents is 1. The van der Waals surface area contributed by atoms with Crippen LogP contribution in [0.5, 0.6) is 5.75 Å². The molecule has 0 aromatic heterocycles. The summed E-state index contributed by atoms with van der Waals surface area (Å²) in [5.41, 5.74) is 2.53. The summed E-state index contributed by atoms with van der Waals surface area (Å²) in [7, 11) is -5.62. The number of carbonyl (C=O) groups is 1. The van der Waals surface area contributed by atoms with Gasteiger partial charge in [-0.25, -0.2) is 0 Å². The zero-order valence-corrected chi connectivity index (χ0v) is 19.4. The molecule has 0 aliphatic heterocycles. The lowest BCUT2D eigenvalue weighted by atomic mass is 9.55. The van der Waals surface area contributed by atoms with Gasteiger partial charge in [-0.05, 0) is 88.7 Å². The number of hydrogen-bond acceptors (Lipinski definition) is 5. The molecule has 7 nitrogen and oxygen atoms in total. The number of ether oxygens (including phenoxy) is 1. The van der Waals surface area contributed by atoms with Gasteiger partial charge in [-0.2, -0.15) is 9.79 Å². The molecule has 4 rings (SSSR count). The summed E-state index contributed by atoms with van der Waals surface area (Å²) in [5, 5.41) is 8.53. The minimum absolute atomic E-state index is 0.0884. The van der Waals surface area contributed by atoms with E-state index in [2.05, 4.69) is 13.0 Å². The van der Waals surface area contributed by atoms with Gasteiger partial charge in [0.05, 0.1) is 12.8 Å². The molecule has 2 fully saturated rings. The molecule has 3 aliphatic carbocycles. The molecule has 168 valence electrons. The highest BCUT2D eigenvalue weighted by Crippen LogP contribution is 2.61. The lowest BCUT2D eigenvalue weighted by molar-refractivity contribution is -0.157. The summed E-state index contributed by atoms with van der Waals surface area (Å²) in [6.07, 6.45) is 5.41. The fourth-order valence-electron chi connectivity index (χ4n) is 6.48. The lowest BCUT2D eigenvalue weighted by Crippen LogP contribution is -2.45. The number of benzene rings is 1. The van der Waals surface area contributed by atoms with E-state index in [0.717, 1.165) is 38.5 Å². The fraction of sp³-hybridized carbons (Fsp3) is 0.682. The Morgan fingerprint density at radius 1 is 1.19 bits per heavy atom. The monoisotopic (exact) mass is 468 g/mol. The summed E-state index contributed by atoms with van der Waals surface area (Å²) in [6.45, 7) is 2.23. The molecular weight excluding hydrogens is 438 g/mol. The summed E-state index contributed by atoms with van der Waals surface area (Å²) in [5.74, 6) is 1.36. The van der Waals surface area contributed by atoms with Gasteiger partial charge in [-0.15, -0.1) is 0 Å². The average molecular weight is 468 g/mol. The third kappa shape index (κ3) is 4.30. The minimum atomic E-state index is -2.81. The van der Waals surface area contributed by atoms with Crippen LogP contribution in [-0.2, 0) is 25.1 Å². The number of hydrogen-bond donors (Lipinski definition) is 3. The highest BCUT2D eigenvalue weighted by molar-refractivity contribution is 7.57. The van der Waals surface area contributed by atoms with E-state index in [9.17, 15) is 19.0 Å². The van der Waals surface area contributed by atoms with E-state index in [1.165, 1.54) is 11.1 Å². The molecule has 6 unspecified atom stereocenters. The summed E-state index contributed by atoms with van der Waals surface area (Å²) in [4.78, 5) is 30.8. The highest BCUT2D eigenvalue weighted by atomic mass is 31.2. The Bertz CT molecular complexity index is 890. The maximum Gasteiger partial charge on any atom is 0.564 e. The van der Waals surface area contributed by atoms with Gasteiger partial charge in [0.15, 0.2) is 0 Å². The molecule has 2 saturated carbocycles. The second kappa shape index (κ2) is 8.86. The maximum absolute atomic E-state index is 12.4. The predicted octanol–water partition coefficient (Wildman–Crippen LogP) is 4.74. The van der Waals surface area contributed by atoms with Gasteiger partial charge in [0.2, 0.25) is 0 Å². The summed E-state index contributed by atoms with van der Waals surface area (Å²) < 4.78 is 28.3. The van der Waals surface area contributed by atoms with Gasteiger partial charge in [0.1, 0.15) is 11.9 Å². The second-order valence-corrected chi connectivity index (χ2v) is 12.4. The van der Waals surface area contributed by atoms with Crippen molar-refractivity contribution >= 4 is 22.0 Å². The van der Waals surface area contributed by atoms with E-state index in [1.807, 2.05) is 6.07 Å². The number of esters is 1. The third-order valence-electron chi connectivity index (χ3n) is 8.01. The van der Waals surface area contributed by atoms with Crippen molar-refractivity contribution in [2.24, 2.45) is 17.3 Å². The largest absolute Gasteiger partial charge is 0.564 e.